The number of nitrogens with zero attached hydrogens (tertiary/aromatic N) is 2. The standard InChI is InChI=1S/C24H19F7N2O4S/c1-13-6-19(18-5-4-16(25)10-21(18)37-2)20(11-32-13)33(12-23(26,27)28)22(34)14-7-15(24(29,30)31)9-17(8-14)38(3,35)36/h4-11H,12H2,1-3H3. The van der Waals surface area contributed by atoms with E-state index in [9.17, 15) is 43.9 Å². The number of carbonyl (C=O) groups is 1. The third kappa shape index (κ3) is 6.60. The third-order valence-electron chi connectivity index (χ3n) is 5.26. The van der Waals surface area contributed by atoms with Crippen molar-refractivity contribution >= 4 is 21.4 Å². The van der Waals surface area contributed by atoms with E-state index in [1.54, 1.807) is 0 Å². The number of sulfone groups is 1. The van der Waals surface area contributed by atoms with Gasteiger partial charge in [-0.15, -0.1) is 0 Å². The number of alkyl halides is 6. The molecular weight excluding hydrogens is 545 g/mol. The van der Waals surface area contributed by atoms with Crippen LogP contribution >= 0.6 is 0 Å². The lowest BCUT2D eigenvalue weighted by Gasteiger charge is -2.27. The summed E-state index contributed by atoms with van der Waals surface area (Å²) in [6.07, 6.45) is -8.65. The van der Waals surface area contributed by atoms with Gasteiger partial charge in [-0.05, 0) is 43.3 Å². The molecule has 0 atom stereocenters. The van der Waals surface area contributed by atoms with Crippen LogP contribution in [0, 0.1) is 12.7 Å². The Morgan fingerprint density at radius 1 is 1.00 bits per heavy atom. The molecule has 6 nitrogen and oxygen atoms in total. The Labute approximate surface area is 212 Å². The molecule has 3 rings (SSSR count). The first-order valence-electron chi connectivity index (χ1n) is 10.5. The number of carbonyl (C=O) groups excluding carboxylic acids is 1. The van der Waals surface area contributed by atoms with Crippen LogP contribution in [0.15, 0.2) is 53.6 Å². The van der Waals surface area contributed by atoms with Crippen LogP contribution in [0.1, 0.15) is 21.6 Å². The zero-order valence-electron chi connectivity index (χ0n) is 19.9. The second kappa shape index (κ2) is 10.2. The van der Waals surface area contributed by atoms with Crippen molar-refractivity contribution in [1.29, 1.82) is 0 Å². The molecule has 1 amide bonds. The van der Waals surface area contributed by atoms with Crippen LogP contribution in [0.2, 0.25) is 0 Å². The predicted octanol–water partition coefficient (Wildman–Crippen LogP) is 5.84. The van der Waals surface area contributed by atoms with Gasteiger partial charge in [0.1, 0.15) is 18.1 Å². The molecule has 38 heavy (non-hydrogen) atoms. The van der Waals surface area contributed by atoms with E-state index < -0.39 is 62.2 Å². The Kier molecular flexibility index (Phi) is 7.78. The van der Waals surface area contributed by atoms with Gasteiger partial charge >= 0.3 is 12.4 Å². The minimum Gasteiger partial charge on any atom is -0.496 e. The van der Waals surface area contributed by atoms with Crippen LogP contribution in [0.25, 0.3) is 11.1 Å². The van der Waals surface area contributed by atoms with Crippen LogP contribution in [0.4, 0.5) is 36.4 Å². The fourth-order valence-corrected chi connectivity index (χ4v) is 4.25. The first kappa shape index (κ1) is 28.9. The third-order valence-corrected chi connectivity index (χ3v) is 6.35. The van der Waals surface area contributed by atoms with Crippen molar-refractivity contribution in [3.63, 3.8) is 0 Å². The Hall–Kier alpha value is -3.68. The van der Waals surface area contributed by atoms with Crippen molar-refractivity contribution in [1.82, 2.24) is 4.98 Å². The topological polar surface area (TPSA) is 76.6 Å². The largest absolute Gasteiger partial charge is 0.496 e. The van der Waals surface area contributed by atoms with Crippen molar-refractivity contribution in [3.8, 4) is 16.9 Å². The van der Waals surface area contributed by atoms with E-state index in [1.807, 2.05) is 0 Å². The Morgan fingerprint density at radius 3 is 2.21 bits per heavy atom. The first-order valence-corrected chi connectivity index (χ1v) is 12.4. The van der Waals surface area contributed by atoms with Gasteiger partial charge in [-0.2, -0.15) is 26.3 Å². The van der Waals surface area contributed by atoms with Crippen LogP contribution in [-0.2, 0) is 16.0 Å². The quantitative estimate of drug-likeness (QED) is 0.352. The van der Waals surface area contributed by atoms with Crippen LogP contribution in [-0.4, -0.2) is 45.4 Å². The maximum Gasteiger partial charge on any atom is 0.416 e. The summed E-state index contributed by atoms with van der Waals surface area (Å²) >= 11 is 0. The van der Waals surface area contributed by atoms with E-state index in [0.717, 1.165) is 18.3 Å². The van der Waals surface area contributed by atoms with Crippen molar-refractivity contribution < 1.29 is 48.7 Å². The van der Waals surface area contributed by atoms with E-state index in [0.29, 0.717) is 12.3 Å². The minimum absolute atomic E-state index is 0.0650. The number of halogens is 7. The molecule has 0 aliphatic carbocycles. The molecule has 0 aliphatic rings. The summed E-state index contributed by atoms with van der Waals surface area (Å²) in [5, 5.41) is 0. The van der Waals surface area contributed by atoms with E-state index in [-0.39, 0.29) is 39.6 Å². The number of ether oxygens (including phenoxy) is 1. The van der Waals surface area contributed by atoms with Crippen molar-refractivity contribution in [2.75, 3.05) is 24.8 Å². The molecule has 2 aromatic carbocycles. The number of aryl methyl sites for hydroxylation is 1. The second-order valence-corrected chi connectivity index (χ2v) is 10.2. The molecule has 0 N–H and O–H groups in total. The smallest absolute Gasteiger partial charge is 0.416 e. The monoisotopic (exact) mass is 564 g/mol. The number of methoxy groups -OCH3 is 1. The molecule has 0 saturated carbocycles. The van der Waals surface area contributed by atoms with Gasteiger partial charge < -0.3 is 4.74 Å². The molecule has 204 valence electrons. The number of amides is 1. The lowest BCUT2D eigenvalue weighted by molar-refractivity contribution is -0.137. The average Bonchev–Trinajstić information content (AvgIpc) is 2.80. The number of hydrogen-bond acceptors (Lipinski definition) is 5. The molecular formula is C24H19F7N2O4S. The van der Waals surface area contributed by atoms with Gasteiger partial charge in [-0.25, -0.2) is 12.8 Å². The molecule has 14 heteroatoms. The van der Waals surface area contributed by atoms with Crippen LogP contribution < -0.4 is 9.64 Å². The van der Waals surface area contributed by atoms with Crippen molar-refractivity contribution in [2.24, 2.45) is 0 Å². The molecule has 1 aromatic heterocycles. The fourth-order valence-electron chi connectivity index (χ4n) is 3.57. The molecule has 3 aromatic rings. The minimum atomic E-state index is -5.11. The van der Waals surface area contributed by atoms with Gasteiger partial charge in [0.25, 0.3) is 5.91 Å². The van der Waals surface area contributed by atoms with Crippen LogP contribution in [0.3, 0.4) is 0 Å². The molecule has 0 aliphatic heterocycles. The van der Waals surface area contributed by atoms with Gasteiger partial charge in [0.05, 0.1) is 29.5 Å². The number of benzene rings is 2. The van der Waals surface area contributed by atoms with Gasteiger partial charge in [0.2, 0.25) is 0 Å². The summed E-state index contributed by atoms with van der Waals surface area (Å²) in [7, 11) is -3.11. The van der Waals surface area contributed by atoms with Crippen molar-refractivity contribution in [3.05, 3.63) is 71.3 Å². The maximum absolute atomic E-state index is 13.8. The number of hydrogen-bond donors (Lipinski definition) is 0. The fraction of sp³-hybridized carbons (Fsp3) is 0.250. The van der Waals surface area contributed by atoms with E-state index in [1.165, 1.54) is 26.2 Å². The molecule has 1 heterocycles. The highest BCUT2D eigenvalue weighted by atomic mass is 32.2. The van der Waals surface area contributed by atoms with E-state index in [4.69, 9.17) is 4.74 Å². The number of aromatic nitrogens is 1. The predicted molar refractivity (Wildman–Crippen MR) is 123 cm³/mol. The summed E-state index contributed by atoms with van der Waals surface area (Å²) in [6, 6.07) is 5.54. The number of pyridine rings is 1. The molecule has 0 fully saturated rings. The van der Waals surface area contributed by atoms with Gasteiger partial charge in [0.15, 0.2) is 9.84 Å². The summed E-state index contributed by atoms with van der Waals surface area (Å²) in [6.45, 7) is -0.470. The van der Waals surface area contributed by atoms with E-state index in [2.05, 4.69) is 4.98 Å². The Morgan fingerprint density at radius 2 is 1.66 bits per heavy atom. The normalized spacial score (nSPS) is 12.4. The zero-order valence-corrected chi connectivity index (χ0v) is 20.7. The second-order valence-electron chi connectivity index (χ2n) is 8.21. The summed E-state index contributed by atoms with van der Waals surface area (Å²) < 4.78 is 124. The van der Waals surface area contributed by atoms with Crippen LogP contribution in [0.5, 0.6) is 5.75 Å². The highest BCUT2D eigenvalue weighted by Crippen LogP contribution is 2.39. The van der Waals surface area contributed by atoms with Gasteiger partial charge in [-0.3, -0.25) is 14.7 Å². The summed E-state index contributed by atoms with van der Waals surface area (Å²) in [4.78, 5) is 16.5. The number of rotatable bonds is 6. The Bertz CT molecular complexity index is 1490. The molecule has 0 saturated heterocycles. The highest BCUT2D eigenvalue weighted by Gasteiger charge is 2.38. The van der Waals surface area contributed by atoms with Crippen molar-refractivity contribution in [2.45, 2.75) is 24.2 Å². The zero-order chi connectivity index (χ0) is 28.6. The first-order chi connectivity index (χ1) is 17.4. The number of anilines is 1. The molecule has 0 bridgehead atoms. The average molecular weight is 564 g/mol. The molecule has 0 radical (unpaired) electrons. The summed E-state index contributed by atoms with van der Waals surface area (Å²) in [5.74, 6) is -2.40. The SMILES string of the molecule is COc1cc(F)ccc1-c1cc(C)ncc1N(CC(F)(F)F)C(=O)c1cc(C(F)(F)F)cc(S(C)(=O)=O)c1. The molecule has 0 spiro atoms. The van der Waals surface area contributed by atoms with Gasteiger partial charge in [-0.1, -0.05) is 0 Å². The van der Waals surface area contributed by atoms with E-state index >= 15 is 0 Å². The van der Waals surface area contributed by atoms with Gasteiger partial charge in [0, 0.05) is 34.7 Å². The lowest BCUT2D eigenvalue weighted by Crippen LogP contribution is -2.39. The highest BCUT2D eigenvalue weighted by molar-refractivity contribution is 7.90. The summed E-state index contributed by atoms with van der Waals surface area (Å²) in [5.41, 5.74) is -2.70. The molecule has 0 unspecified atom stereocenters. The lowest BCUT2D eigenvalue weighted by atomic mass is 10.0. The Balaban J connectivity index is 2.31. The maximum atomic E-state index is 13.8.